The number of allylic oxidation sites excluding steroid dienone is 1. The Labute approximate surface area is 184 Å². The summed E-state index contributed by atoms with van der Waals surface area (Å²) in [5, 5.41) is -1.02. The highest BCUT2D eigenvalue weighted by atomic mass is 35.5. The Morgan fingerprint density at radius 3 is 2.80 bits per heavy atom. The van der Waals surface area contributed by atoms with E-state index in [-0.39, 0.29) is 29.3 Å². The van der Waals surface area contributed by atoms with Gasteiger partial charge in [0.05, 0.1) is 16.7 Å². The molecule has 3 heterocycles. The number of hydrogen-bond acceptors (Lipinski definition) is 6. The molecule has 3 aliphatic heterocycles. The molecule has 168 valence electrons. The van der Waals surface area contributed by atoms with E-state index in [0.29, 0.717) is 25.4 Å². The predicted octanol–water partition coefficient (Wildman–Crippen LogP) is 3.78. The fraction of sp³-hybridized carbons (Fsp3) is 0.750. The van der Waals surface area contributed by atoms with E-state index >= 15 is 4.39 Å². The first-order valence-corrected chi connectivity index (χ1v) is 11.6. The molecule has 3 unspecified atom stereocenters. The van der Waals surface area contributed by atoms with E-state index in [0.717, 1.165) is 31.5 Å². The van der Waals surface area contributed by atoms with Crippen molar-refractivity contribution in [3.63, 3.8) is 0 Å². The number of rotatable bonds is 6. The standard InChI is InChI=1S/C20H28ClF3N4OS/c1-27-9-12(10-27)20(29-2)6-7-28(11-20)14-8-13(22)19(18(24)17(14)21)30-26-16-5-3-4-15(23)25-16/h5,12-14,19,26H,3-4,6-11H2,1-2H3/t13?,14?,19?,20-/m0/s1. The number of methoxy groups -OCH3 is 1. The molecule has 4 aliphatic rings. The second kappa shape index (κ2) is 9.02. The van der Waals surface area contributed by atoms with Crippen molar-refractivity contribution in [3.8, 4) is 0 Å². The Morgan fingerprint density at radius 2 is 2.13 bits per heavy atom. The van der Waals surface area contributed by atoms with Crippen molar-refractivity contribution >= 4 is 29.5 Å². The minimum absolute atomic E-state index is 0.0631. The van der Waals surface area contributed by atoms with Gasteiger partial charge in [0.2, 0.25) is 0 Å². The molecule has 0 aromatic heterocycles. The molecular weight excluding hydrogens is 437 g/mol. The summed E-state index contributed by atoms with van der Waals surface area (Å²) in [5.74, 6) is -0.426. The maximum Gasteiger partial charge on any atom is 0.191 e. The summed E-state index contributed by atoms with van der Waals surface area (Å²) in [7, 11) is 3.80. The van der Waals surface area contributed by atoms with Crippen molar-refractivity contribution in [2.24, 2.45) is 10.9 Å². The molecule has 0 amide bonds. The van der Waals surface area contributed by atoms with Crippen molar-refractivity contribution in [1.29, 1.82) is 0 Å². The monoisotopic (exact) mass is 464 g/mol. The second-order valence-electron chi connectivity index (χ2n) is 8.63. The third-order valence-electron chi connectivity index (χ3n) is 6.72. The zero-order valence-corrected chi connectivity index (χ0v) is 18.8. The normalized spacial score (nSPS) is 36.5. The van der Waals surface area contributed by atoms with Crippen LogP contribution >= 0.6 is 23.5 Å². The minimum atomic E-state index is -1.42. The molecule has 0 radical (unpaired) electrons. The van der Waals surface area contributed by atoms with Crippen LogP contribution in [0, 0.1) is 5.92 Å². The van der Waals surface area contributed by atoms with Gasteiger partial charge in [-0.25, -0.2) is 13.8 Å². The Bertz CT molecular complexity index is 760. The summed E-state index contributed by atoms with van der Waals surface area (Å²) in [6.07, 6.45) is 2.01. The van der Waals surface area contributed by atoms with Crippen molar-refractivity contribution in [1.82, 2.24) is 14.5 Å². The van der Waals surface area contributed by atoms with Crippen LogP contribution in [0.25, 0.3) is 0 Å². The zero-order valence-electron chi connectivity index (χ0n) is 17.2. The molecule has 1 aliphatic carbocycles. The van der Waals surface area contributed by atoms with Crippen LogP contribution in [-0.2, 0) is 4.74 Å². The summed E-state index contributed by atoms with van der Waals surface area (Å²) in [4.78, 5) is 8.04. The molecular formula is C20H28ClF3N4OS. The molecule has 2 fully saturated rings. The number of hydrogen-bond donors (Lipinski definition) is 1. The lowest BCUT2D eigenvalue weighted by Gasteiger charge is -2.47. The molecule has 0 saturated carbocycles. The molecule has 4 atom stereocenters. The molecule has 10 heteroatoms. The van der Waals surface area contributed by atoms with Crippen LogP contribution in [0.15, 0.2) is 27.7 Å². The third-order valence-corrected chi connectivity index (χ3v) is 8.23. The van der Waals surface area contributed by atoms with Crippen molar-refractivity contribution in [2.45, 2.75) is 48.7 Å². The number of alkyl halides is 1. The minimum Gasteiger partial charge on any atom is -0.376 e. The number of likely N-dealkylation sites (tertiary alicyclic amines) is 2. The Hall–Kier alpha value is -0.740. The van der Waals surface area contributed by atoms with Gasteiger partial charge >= 0.3 is 0 Å². The molecule has 1 N–H and O–H groups in total. The van der Waals surface area contributed by atoms with E-state index in [2.05, 4.69) is 26.6 Å². The lowest BCUT2D eigenvalue weighted by atomic mass is 9.81. The average Bonchev–Trinajstić information content (AvgIpc) is 3.13. The van der Waals surface area contributed by atoms with Gasteiger partial charge in [-0.05, 0) is 37.9 Å². The van der Waals surface area contributed by atoms with E-state index < -0.39 is 29.3 Å². The fourth-order valence-electron chi connectivity index (χ4n) is 4.88. The molecule has 0 bridgehead atoms. The van der Waals surface area contributed by atoms with Gasteiger partial charge in [-0.15, -0.1) is 0 Å². The Balaban J connectivity index is 1.42. The van der Waals surface area contributed by atoms with Crippen LogP contribution in [-0.4, -0.2) is 79.2 Å². The largest absolute Gasteiger partial charge is 0.376 e. The van der Waals surface area contributed by atoms with Gasteiger partial charge < -0.3 is 14.4 Å². The van der Waals surface area contributed by atoms with Gasteiger partial charge in [0.15, 0.2) is 5.97 Å². The van der Waals surface area contributed by atoms with Gasteiger partial charge in [0, 0.05) is 52.0 Å². The first kappa shape index (κ1) is 22.5. The van der Waals surface area contributed by atoms with Crippen LogP contribution in [0.4, 0.5) is 13.2 Å². The highest BCUT2D eigenvalue weighted by Crippen LogP contribution is 2.44. The molecule has 2 saturated heterocycles. The van der Waals surface area contributed by atoms with Crippen LogP contribution in [0.2, 0.25) is 0 Å². The fourth-order valence-corrected chi connectivity index (χ4v) is 6.15. The molecule has 5 nitrogen and oxygen atoms in total. The number of nitrogens with zero attached hydrogens (tertiary/aromatic N) is 3. The summed E-state index contributed by atoms with van der Waals surface area (Å²) in [6, 6.07) is -0.488. The SMILES string of the molecule is CO[C@@]1(C2CN(C)C2)CCN(C2CC(F)C(SNC3=CCCC(F)=N3)C(F)=C2Cl)C1. The van der Waals surface area contributed by atoms with Gasteiger partial charge in [0.25, 0.3) is 0 Å². The van der Waals surface area contributed by atoms with Gasteiger partial charge in [-0.1, -0.05) is 11.6 Å². The van der Waals surface area contributed by atoms with Crippen molar-refractivity contribution in [3.05, 3.63) is 22.8 Å². The molecule has 0 spiro atoms. The number of ether oxygens (including phenoxy) is 1. The molecule has 0 aromatic rings. The van der Waals surface area contributed by atoms with E-state index in [1.807, 2.05) is 0 Å². The van der Waals surface area contributed by atoms with E-state index in [9.17, 15) is 8.78 Å². The number of halogens is 4. The highest BCUT2D eigenvalue weighted by Gasteiger charge is 2.51. The third kappa shape index (κ3) is 4.28. The van der Waals surface area contributed by atoms with Crippen molar-refractivity contribution in [2.75, 3.05) is 40.3 Å². The van der Waals surface area contributed by atoms with E-state index in [1.54, 1.807) is 13.2 Å². The highest BCUT2D eigenvalue weighted by molar-refractivity contribution is 7.98. The molecule has 30 heavy (non-hydrogen) atoms. The van der Waals surface area contributed by atoms with Crippen LogP contribution in [0.5, 0.6) is 0 Å². The summed E-state index contributed by atoms with van der Waals surface area (Å²) < 4.78 is 52.0. The predicted molar refractivity (Wildman–Crippen MR) is 115 cm³/mol. The average molecular weight is 465 g/mol. The zero-order chi connectivity index (χ0) is 21.5. The van der Waals surface area contributed by atoms with Gasteiger partial charge in [-0.2, -0.15) is 4.39 Å². The Kier molecular flexibility index (Phi) is 6.75. The maximum absolute atomic E-state index is 15.0. The maximum atomic E-state index is 15.0. The van der Waals surface area contributed by atoms with Gasteiger partial charge in [-0.3, -0.25) is 4.90 Å². The van der Waals surface area contributed by atoms with Crippen LogP contribution in [0.1, 0.15) is 25.7 Å². The van der Waals surface area contributed by atoms with Crippen molar-refractivity contribution < 1.29 is 17.9 Å². The van der Waals surface area contributed by atoms with E-state index in [4.69, 9.17) is 16.3 Å². The smallest absolute Gasteiger partial charge is 0.191 e. The first-order chi connectivity index (χ1) is 14.3. The lowest BCUT2D eigenvalue weighted by Crippen LogP contribution is -2.58. The van der Waals surface area contributed by atoms with Crippen LogP contribution < -0.4 is 4.72 Å². The molecule has 4 rings (SSSR count). The lowest BCUT2D eigenvalue weighted by molar-refractivity contribution is -0.0987. The molecule has 0 aromatic carbocycles. The summed E-state index contributed by atoms with van der Waals surface area (Å²) in [5.41, 5.74) is -0.283. The van der Waals surface area contributed by atoms with Crippen LogP contribution in [0.3, 0.4) is 0 Å². The Morgan fingerprint density at radius 1 is 1.37 bits per heavy atom. The van der Waals surface area contributed by atoms with Gasteiger partial charge in [0.1, 0.15) is 23.1 Å². The number of aliphatic imine (C=N–C) groups is 1. The van der Waals surface area contributed by atoms with E-state index in [1.165, 1.54) is 0 Å². The second-order valence-corrected chi connectivity index (χ2v) is 9.98. The summed E-state index contributed by atoms with van der Waals surface area (Å²) in [6.45, 7) is 3.27. The first-order valence-electron chi connectivity index (χ1n) is 10.3. The topological polar surface area (TPSA) is 40.1 Å². The quantitative estimate of drug-likeness (QED) is 0.606. The summed E-state index contributed by atoms with van der Waals surface area (Å²) >= 11 is 7.27. The number of nitrogens with one attached hydrogen (secondary N) is 1.